The number of nitrogens with two attached hydrogens (primary N) is 2. The second kappa shape index (κ2) is 12.5. The van der Waals surface area contributed by atoms with E-state index in [9.17, 15) is 29.1 Å². The average molecular weight is 529 g/mol. The van der Waals surface area contributed by atoms with E-state index < -0.39 is 54.3 Å². The molecule has 1 aromatic heterocycles. The summed E-state index contributed by atoms with van der Waals surface area (Å²) in [4.78, 5) is 66.8. The standard InChI is InChI=1S/C26H36N6O6/c1-3-14(2)22(24(35)30-19(26(37)38)12-21(28)33)31-23(34)20-9-6-10-32(20)25(36)17(27)11-15-13-29-18-8-5-4-7-16(15)18/h4-5,7-8,13-14,17,19-20,22,29H,3,6,9-12,27H2,1-2H3,(H2,28,33)(H,30,35)(H,31,34)(H,37,38). The molecule has 0 spiro atoms. The molecule has 12 heteroatoms. The number of rotatable bonds is 12. The molecule has 3 rings (SSSR count). The van der Waals surface area contributed by atoms with Gasteiger partial charge in [-0.15, -0.1) is 0 Å². The van der Waals surface area contributed by atoms with Gasteiger partial charge in [0.2, 0.25) is 23.6 Å². The Balaban J connectivity index is 1.69. The number of hydrogen-bond acceptors (Lipinski definition) is 6. The minimum Gasteiger partial charge on any atom is -0.480 e. The van der Waals surface area contributed by atoms with Crippen LogP contribution in [0.4, 0.5) is 0 Å². The van der Waals surface area contributed by atoms with Gasteiger partial charge in [0.1, 0.15) is 18.1 Å². The molecule has 0 saturated carbocycles. The van der Waals surface area contributed by atoms with Crippen molar-refractivity contribution in [3.05, 3.63) is 36.0 Å². The SMILES string of the molecule is CCC(C)C(NC(=O)C1CCCN1C(=O)C(N)Cc1c[nH]c2ccccc12)C(=O)NC(CC(N)=O)C(=O)O. The van der Waals surface area contributed by atoms with Gasteiger partial charge in [0.15, 0.2) is 0 Å². The molecular formula is C26H36N6O6. The second-order valence-electron chi connectivity index (χ2n) is 9.80. The Hall–Kier alpha value is -3.93. The molecule has 4 amide bonds. The summed E-state index contributed by atoms with van der Waals surface area (Å²) in [6.45, 7) is 3.92. The van der Waals surface area contributed by atoms with Crippen molar-refractivity contribution in [1.82, 2.24) is 20.5 Å². The number of carbonyl (C=O) groups is 5. The van der Waals surface area contributed by atoms with E-state index in [-0.39, 0.29) is 11.8 Å². The van der Waals surface area contributed by atoms with Gasteiger partial charge in [-0.1, -0.05) is 38.5 Å². The zero-order chi connectivity index (χ0) is 28.0. The molecule has 1 aromatic carbocycles. The van der Waals surface area contributed by atoms with Gasteiger partial charge < -0.3 is 37.1 Å². The molecule has 206 valence electrons. The molecule has 5 unspecified atom stereocenters. The number of carboxylic acid groups (broad SMARTS) is 1. The number of carbonyl (C=O) groups excluding carboxylic acids is 4. The van der Waals surface area contributed by atoms with Crippen molar-refractivity contribution in [3.8, 4) is 0 Å². The predicted molar refractivity (Wildman–Crippen MR) is 139 cm³/mol. The normalized spacial score (nSPS) is 18.4. The van der Waals surface area contributed by atoms with Crippen molar-refractivity contribution < 1.29 is 29.1 Å². The molecule has 2 heterocycles. The average Bonchev–Trinajstić information content (AvgIpc) is 3.53. The van der Waals surface area contributed by atoms with Gasteiger partial charge in [0.25, 0.3) is 0 Å². The van der Waals surface area contributed by atoms with Crippen LogP contribution < -0.4 is 22.1 Å². The predicted octanol–water partition coefficient (Wildman–Crippen LogP) is 0.00440. The van der Waals surface area contributed by atoms with Crippen LogP contribution >= 0.6 is 0 Å². The summed E-state index contributed by atoms with van der Waals surface area (Å²) in [5.41, 5.74) is 13.2. The van der Waals surface area contributed by atoms with Gasteiger partial charge in [-0.3, -0.25) is 19.2 Å². The lowest BCUT2D eigenvalue weighted by molar-refractivity contribution is -0.144. The Bertz CT molecular complexity index is 1200. The van der Waals surface area contributed by atoms with Crippen molar-refractivity contribution >= 4 is 40.5 Å². The number of H-pyrrole nitrogens is 1. The highest BCUT2D eigenvalue weighted by molar-refractivity contribution is 5.95. The van der Waals surface area contributed by atoms with E-state index in [1.165, 1.54) is 4.90 Å². The number of carboxylic acids is 1. The Morgan fingerprint density at radius 1 is 1.18 bits per heavy atom. The van der Waals surface area contributed by atoms with E-state index in [1.807, 2.05) is 37.4 Å². The maximum absolute atomic E-state index is 13.3. The summed E-state index contributed by atoms with van der Waals surface area (Å²) in [6.07, 6.45) is 3.05. The number of para-hydroxylation sites is 1. The third-order valence-corrected chi connectivity index (χ3v) is 7.08. The number of fused-ring (bicyclic) bond motifs is 1. The van der Waals surface area contributed by atoms with Gasteiger partial charge in [-0.25, -0.2) is 4.79 Å². The Labute approximate surface area is 220 Å². The molecule has 0 aliphatic carbocycles. The summed E-state index contributed by atoms with van der Waals surface area (Å²) in [5, 5.41) is 15.3. The number of nitrogens with one attached hydrogen (secondary N) is 3. The minimum atomic E-state index is -1.52. The molecule has 12 nitrogen and oxygen atoms in total. The van der Waals surface area contributed by atoms with Crippen LogP contribution in [-0.2, 0) is 30.4 Å². The van der Waals surface area contributed by atoms with Crippen LogP contribution in [-0.4, -0.2) is 75.3 Å². The van der Waals surface area contributed by atoms with Crippen LogP contribution in [0.5, 0.6) is 0 Å². The highest BCUT2D eigenvalue weighted by Crippen LogP contribution is 2.22. The number of primary amides is 1. The summed E-state index contributed by atoms with van der Waals surface area (Å²) >= 11 is 0. The van der Waals surface area contributed by atoms with Gasteiger partial charge in [0.05, 0.1) is 12.5 Å². The topological polar surface area (TPSA) is 201 Å². The Morgan fingerprint density at radius 3 is 2.55 bits per heavy atom. The Kier molecular flexibility index (Phi) is 9.45. The lowest BCUT2D eigenvalue weighted by atomic mass is 9.97. The number of aromatic amines is 1. The van der Waals surface area contributed by atoms with Crippen LogP contribution in [0.2, 0.25) is 0 Å². The van der Waals surface area contributed by atoms with Crippen molar-refractivity contribution in [2.45, 2.75) is 70.1 Å². The van der Waals surface area contributed by atoms with E-state index in [0.717, 1.165) is 16.5 Å². The number of hydrogen-bond donors (Lipinski definition) is 6. The van der Waals surface area contributed by atoms with E-state index >= 15 is 0 Å². The third kappa shape index (κ3) is 6.68. The molecule has 0 bridgehead atoms. The number of likely N-dealkylation sites (tertiary alicyclic amines) is 1. The monoisotopic (exact) mass is 528 g/mol. The molecule has 1 aliphatic heterocycles. The quantitative estimate of drug-likeness (QED) is 0.222. The van der Waals surface area contributed by atoms with Crippen LogP contribution in [0.3, 0.4) is 0 Å². The van der Waals surface area contributed by atoms with Crippen LogP contribution in [0.1, 0.15) is 45.1 Å². The lowest BCUT2D eigenvalue weighted by Gasteiger charge is -2.30. The molecule has 1 fully saturated rings. The van der Waals surface area contributed by atoms with Crippen molar-refractivity contribution in [2.75, 3.05) is 6.54 Å². The zero-order valence-electron chi connectivity index (χ0n) is 21.6. The molecular weight excluding hydrogens is 492 g/mol. The summed E-state index contributed by atoms with van der Waals surface area (Å²) < 4.78 is 0. The van der Waals surface area contributed by atoms with E-state index in [1.54, 1.807) is 6.92 Å². The van der Waals surface area contributed by atoms with E-state index in [4.69, 9.17) is 11.5 Å². The molecule has 0 radical (unpaired) electrons. The molecule has 38 heavy (non-hydrogen) atoms. The van der Waals surface area contributed by atoms with Gasteiger partial charge in [-0.05, 0) is 36.8 Å². The first kappa shape index (κ1) is 28.6. The van der Waals surface area contributed by atoms with Crippen LogP contribution in [0.15, 0.2) is 30.5 Å². The maximum Gasteiger partial charge on any atom is 0.326 e. The summed E-state index contributed by atoms with van der Waals surface area (Å²) in [6, 6.07) is 3.44. The van der Waals surface area contributed by atoms with Crippen LogP contribution in [0.25, 0.3) is 10.9 Å². The number of amides is 4. The minimum absolute atomic E-state index is 0.294. The molecule has 8 N–H and O–H groups in total. The highest BCUT2D eigenvalue weighted by atomic mass is 16.4. The van der Waals surface area contributed by atoms with Crippen molar-refractivity contribution in [2.24, 2.45) is 17.4 Å². The first-order valence-corrected chi connectivity index (χ1v) is 12.8. The molecule has 1 saturated heterocycles. The number of nitrogens with zero attached hydrogens (tertiary/aromatic N) is 1. The third-order valence-electron chi connectivity index (χ3n) is 7.08. The number of benzene rings is 1. The van der Waals surface area contributed by atoms with Gasteiger partial charge in [0, 0.05) is 23.6 Å². The number of aliphatic carboxylic acids is 1. The smallest absolute Gasteiger partial charge is 0.326 e. The summed E-state index contributed by atoms with van der Waals surface area (Å²) in [5.74, 6) is -4.26. The summed E-state index contributed by atoms with van der Waals surface area (Å²) in [7, 11) is 0. The number of aromatic nitrogens is 1. The molecule has 2 aromatic rings. The zero-order valence-corrected chi connectivity index (χ0v) is 21.6. The first-order valence-electron chi connectivity index (χ1n) is 12.8. The van der Waals surface area contributed by atoms with Gasteiger partial charge in [-0.2, -0.15) is 0 Å². The molecule has 1 aliphatic rings. The highest BCUT2D eigenvalue weighted by Gasteiger charge is 2.39. The fourth-order valence-corrected chi connectivity index (χ4v) is 4.75. The fraction of sp³-hybridized carbons (Fsp3) is 0.500. The van der Waals surface area contributed by atoms with Crippen LogP contribution in [0, 0.1) is 5.92 Å². The van der Waals surface area contributed by atoms with E-state index in [2.05, 4.69) is 15.6 Å². The Morgan fingerprint density at radius 2 is 1.89 bits per heavy atom. The van der Waals surface area contributed by atoms with Gasteiger partial charge >= 0.3 is 5.97 Å². The largest absolute Gasteiger partial charge is 0.480 e. The maximum atomic E-state index is 13.3. The lowest BCUT2D eigenvalue weighted by Crippen LogP contribution is -2.58. The van der Waals surface area contributed by atoms with E-state index in [0.29, 0.717) is 32.2 Å². The first-order chi connectivity index (χ1) is 18.0. The fourth-order valence-electron chi connectivity index (χ4n) is 4.75. The molecule has 5 atom stereocenters. The second-order valence-corrected chi connectivity index (χ2v) is 9.80. The van der Waals surface area contributed by atoms with Crippen molar-refractivity contribution in [3.63, 3.8) is 0 Å². The van der Waals surface area contributed by atoms with Crippen molar-refractivity contribution in [1.29, 1.82) is 0 Å².